The van der Waals surface area contributed by atoms with Crippen molar-refractivity contribution in [1.29, 1.82) is 0 Å². The van der Waals surface area contributed by atoms with Gasteiger partial charge in [0, 0.05) is 17.6 Å². The van der Waals surface area contributed by atoms with Crippen LogP contribution in [0.3, 0.4) is 0 Å². The molecule has 4 heteroatoms. The third-order valence-electron chi connectivity index (χ3n) is 2.78. The van der Waals surface area contributed by atoms with E-state index in [0.29, 0.717) is 13.1 Å². The maximum absolute atomic E-state index is 11.5. The van der Waals surface area contributed by atoms with Crippen molar-refractivity contribution in [1.82, 2.24) is 10.2 Å². The Morgan fingerprint density at radius 2 is 2.00 bits per heavy atom. The molecule has 0 saturated heterocycles. The van der Waals surface area contributed by atoms with Gasteiger partial charge in [-0.05, 0) is 38.6 Å². The Morgan fingerprint density at radius 3 is 2.53 bits per heavy atom. The summed E-state index contributed by atoms with van der Waals surface area (Å²) in [6.07, 6.45) is 0. The Hall–Kier alpha value is -1.06. The molecule has 0 aromatic heterocycles. The molecule has 0 radical (unpaired) electrons. The minimum absolute atomic E-state index is 0.0517. The van der Waals surface area contributed by atoms with Gasteiger partial charge in [0.05, 0.1) is 6.54 Å². The van der Waals surface area contributed by atoms with Crippen molar-refractivity contribution in [3.63, 3.8) is 0 Å². The number of carbonyl (C=O) groups is 1. The molecule has 3 nitrogen and oxygen atoms in total. The van der Waals surface area contributed by atoms with Gasteiger partial charge in [-0.2, -0.15) is 0 Å². The highest BCUT2D eigenvalue weighted by Gasteiger charge is 2.14. The van der Waals surface area contributed by atoms with E-state index in [0.717, 1.165) is 10.6 Å². The van der Waals surface area contributed by atoms with Crippen molar-refractivity contribution in [2.75, 3.05) is 20.1 Å². The molecule has 0 saturated carbocycles. The van der Waals surface area contributed by atoms with E-state index in [1.54, 1.807) is 0 Å². The summed E-state index contributed by atoms with van der Waals surface area (Å²) in [5.41, 5.74) is 1.15. The monoisotopic (exact) mass is 254 g/mol. The molecule has 17 heavy (non-hydrogen) atoms. The first-order valence-corrected chi connectivity index (χ1v) is 6.14. The number of nitrogens with one attached hydrogen (secondary N) is 1. The van der Waals surface area contributed by atoms with Crippen molar-refractivity contribution in [2.45, 2.75) is 19.9 Å². The van der Waals surface area contributed by atoms with Crippen LogP contribution >= 0.6 is 11.6 Å². The lowest BCUT2D eigenvalue weighted by Crippen LogP contribution is -2.36. The van der Waals surface area contributed by atoms with Gasteiger partial charge in [0.1, 0.15) is 0 Å². The van der Waals surface area contributed by atoms with Crippen LogP contribution in [0.25, 0.3) is 0 Å². The normalized spacial score (nSPS) is 12.5. The topological polar surface area (TPSA) is 32.3 Å². The van der Waals surface area contributed by atoms with Gasteiger partial charge in [0.2, 0.25) is 5.91 Å². The summed E-state index contributed by atoms with van der Waals surface area (Å²) in [6, 6.07) is 7.90. The van der Waals surface area contributed by atoms with Crippen LogP contribution < -0.4 is 5.32 Å². The summed E-state index contributed by atoms with van der Waals surface area (Å²) >= 11 is 5.84. The van der Waals surface area contributed by atoms with E-state index in [-0.39, 0.29) is 11.9 Å². The second-order valence-corrected chi connectivity index (χ2v) is 4.53. The molecule has 1 amide bonds. The molecule has 0 heterocycles. The minimum atomic E-state index is 0.0517. The van der Waals surface area contributed by atoms with Crippen LogP contribution in [0.2, 0.25) is 5.02 Å². The van der Waals surface area contributed by atoms with Gasteiger partial charge in [0.15, 0.2) is 0 Å². The summed E-state index contributed by atoms with van der Waals surface area (Å²) in [4.78, 5) is 13.5. The van der Waals surface area contributed by atoms with Crippen LogP contribution in [0, 0.1) is 0 Å². The van der Waals surface area contributed by atoms with Gasteiger partial charge in [-0.25, -0.2) is 0 Å². The van der Waals surface area contributed by atoms with E-state index in [9.17, 15) is 4.79 Å². The summed E-state index contributed by atoms with van der Waals surface area (Å²) in [5.74, 6) is 0.0517. The Kier molecular flexibility index (Phi) is 5.45. The second kappa shape index (κ2) is 6.62. The third-order valence-corrected chi connectivity index (χ3v) is 3.03. The fourth-order valence-electron chi connectivity index (χ4n) is 1.61. The molecule has 1 atom stereocenters. The van der Waals surface area contributed by atoms with Crippen LogP contribution in [0.15, 0.2) is 24.3 Å². The molecule has 0 spiro atoms. The molecule has 1 unspecified atom stereocenters. The second-order valence-electron chi connectivity index (χ2n) is 4.10. The first-order chi connectivity index (χ1) is 8.04. The predicted octanol–water partition coefficient (Wildman–Crippen LogP) is 2.47. The molecule has 0 fully saturated rings. The average Bonchev–Trinajstić information content (AvgIpc) is 2.29. The van der Waals surface area contributed by atoms with E-state index < -0.39 is 0 Å². The zero-order valence-electron chi connectivity index (χ0n) is 10.5. The van der Waals surface area contributed by atoms with Gasteiger partial charge in [-0.1, -0.05) is 23.7 Å². The van der Waals surface area contributed by atoms with Crippen molar-refractivity contribution < 1.29 is 4.79 Å². The van der Waals surface area contributed by atoms with E-state index in [2.05, 4.69) is 12.2 Å². The van der Waals surface area contributed by atoms with Gasteiger partial charge >= 0.3 is 0 Å². The van der Waals surface area contributed by atoms with E-state index in [1.807, 2.05) is 43.1 Å². The van der Waals surface area contributed by atoms with Gasteiger partial charge in [-0.3, -0.25) is 9.69 Å². The Bertz CT molecular complexity index is 364. The van der Waals surface area contributed by atoms with Gasteiger partial charge in [0.25, 0.3) is 0 Å². The van der Waals surface area contributed by atoms with Crippen molar-refractivity contribution in [2.24, 2.45) is 0 Å². The number of halogens is 1. The standard InChI is InChI=1S/C13H19ClN2O/c1-4-15-13(17)9-16(3)10(2)11-5-7-12(14)8-6-11/h5-8,10H,4,9H2,1-3H3,(H,15,17). The summed E-state index contributed by atoms with van der Waals surface area (Å²) in [5, 5.41) is 3.52. The molecule has 1 aromatic carbocycles. The maximum atomic E-state index is 11.5. The molecular formula is C13H19ClN2O. The number of rotatable bonds is 5. The fraction of sp³-hybridized carbons (Fsp3) is 0.462. The van der Waals surface area contributed by atoms with Crippen LogP contribution in [0.4, 0.5) is 0 Å². The number of amides is 1. The fourth-order valence-corrected chi connectivity index (χ4v) is 1.74. The molecule has 1 aromatic rings. The van der Waals surface area contributed by atoms with Crippen molar-refractivity contribution in [3.05, 3.63) is 34.9 Å². The molecule has 0 bridgehead atoms. The number of hydrogen-bond acceptors (Lipinski definition) is 2. The van der Waals surface area contributed by atoms with Crippen molar-refractivity contribution in [3.8, 4) is 0 Å². The molecule has 0 aliphatic carbocycles. The smallest absolute Gasteiger partial charge is 0.234 e. The number of likely N-dealkylation sites (N-methyl/N-ethyl adjacent to an activating group) is 2. The molecule has 1 rings (SSSR count). The molecule has 94 valence electrons. The first-order valence-electron chi connectivity index (χ1n) is 5.77. The van der Waals surface area contributed by atoms with E-state index >= 15 is 0 Å². The Labute approximate surface area is 108 Å². The Balaban J connectivity index is 2.60. The predicted molar refractivity (Wildman–Crippen MR) is 71.2 cm³/mol. The van der Waals surface area contributed by atoms with E-state index in [4.69, 9.17) is 11.6 Å². The summed E-state index contributed by atoms with van der Waals surface area (Å²) in [7, 11) is 1.94. The summed E-state index contributed by atoms with van der Waals surface area (Å²) in [6.45, 7) is 5.06. The highest BCUT2D eigenvalue weighted by molar-refractivity contribution is 6.30. The zero-order valence-corrected chi connectivity index (χ0v) is 11.3. The highest BCUT2D eigenvalue weighted by Crippen LogP contribution is 2.20. The lowest BCUT2D eigenvalue weighted by molar-refractivity contribution is -0.122. The van der Waals surface area contributed by atoms with Crippen LogP contribution in [0.5, 0.6) is 0 Å². The average molecular weight is 255 g/mol. The lowest BCUT2D eigenvalue weighted by atomic mass is 10.1. The number of benzene rings is 1. The van der Waals surface area contributed by atoms with Gasteiger partial charge in [-0.15, -0.1) is 0 Å². The van der Waals surface area contributed by atoms with Gasteiger partial charge < -0.3 is 5.32 Å². The van der Waals surface area contributed by atoms with E-state index in [1.165, 1.54) is 0 Å². The SMILES string of the molecule is CCNC(=O)CN(C)C(C)c1ccc(Cl)cc1. The quantitative estimate of drug-likeness (QED) is 0.876. The number of hydrogen-bond donors (Lipinski definition) is 1. The van der Waals surface area contributed by atoms with Crippen LogP contribution in [0.1, 0.15) is 25.5 Å². The van der Waals surface area contributed by atoms with Crippen LogP contribution in [-0.4, -0.2) is 30.9 Å². The minimum Gasteiger partial charge on any atom is -0.355 e. The summed E-state index contributed by atoms with van der Waals surface area (Å²) < 4.78 is 0. The molecule has 0 aliphatic heterocycles. The molecule has 0 aliphatic rings. The first kappa shape index (κ1) is 14.0. The lowest BCUT2D eigenvalue weighted by Gasteiger charge is -2.24. The Morgan fingerprint density at radius 1 is 1.41 bits per heavy atom. The highest BCUT2D eigenvalue weighted by atomic mass is 35.5. The third kappa shape index (κ3) is 4.36. The maximum Gasteiger partial charge on any atom is 0.234 e. The zero-order chi connectivity index (χ0) is 12.8. The van der Waals surface area contributed by atoms with Crippen LogP contribution in [-0.2, 0) is 4.79 Å². The molecule has 1 N–H and O–H groups in total. The van der Waals surface area contributed by atoms with Crippen molar-refractivity contribution >= 4 is 17.5 Å². The number of carbonyl (C=O) groups excluding carboxylic acids is 1. The number of nitrogens with zero attached hydrogens (tertiary/aromatic N) is 1. The largest absolute Gasteiger partial charge is 0.355 e. The molecular weight excluding hydrogens is 236 g/mol.